The number of ether oxygens (including phenoxy) is 1. The van der Waals surface area contributed by atoms with Crippen molar-refractivity contribution < 1.29 is 4.74 Å². The van der Waals surface area contributed by atoms with E-state index < -0.39 is 0 Å². The van der Waals surface area contributed by atoms with Crippen molar-refractivity contribution in [2.24, 2.45) is 0 Å². The van der Waals surface area contributed by atoms with Crippen LogP contribution in [0.3, 0.4) is 0 Å². The molecule has 18 heavy (non-hydrogen) atoms. The maximum atomic E-state index is 5.75. The summed E-state index contributed by atoms with van der Waals surface area (Å²) in [7, 11) is 4.21. The molecular formula is C15H34N2O. The van der Waals surface area contributed by atoms with E-state index in [1.54, 1.807) is 0 Å². The fourth-order valence-corrected chi connectivity index (χ4v) is 1.56. The average Bonchev–Trinajstić information content (AvgIpc) is 2.31. The van der Waals surface area contributed by atoms with Crippen molar-refractivity contribution in [3.63, 3.8) is 0 Å². The van der Waals surface area contributed by atoms with Crippen LogP contribution >= 0.6 is 0 Å². The minimum Gasteiger partial charge on any atom is -0.380 e. The van der Waals surface area contributed by atoms with Gasteiger partial charge < -0.3 is 15.0 Å². The summed E-state index contributed by atoms with van der Waals surface area (Å²) in [4.78, 5) is 2.21. The van der Waals surface area contributed by atoms with Crippen molar-refractivity contribution in [1.82, 2.24) is 10.2 Å². The molecule has 0 aliphatic heterocycles. The van der Waals surface area contributed by atoms with E-state index in [9.17, 15) is 0 Å². The maximum Gasteiger partial charge on any atom is 0.0644 e. The Bertz CT molecular complexity index is 181. The van der Waals surface area contributed by atoms with Gasteiger partial charge in [-0.2, -0.15) is 0 Å². The van der Waals surface area contributed by atoms with Crippen LogP contribution in [0, 0.1) is 0 Å². The highest BCUT2D eigenvalue weighted by Crippen LogP contribution is 2.10. The monoisotopic (exact) mass is 258 g/mol. The second kappa shape index (κ2) is 10.8. The zero-order chi connectivity index (χ0) is 13.9. The van der Waals surface area contributed by atoms with Crippen molar-refractivity contribution in [2.45, 2.75) is 58.4 Å². The van der Waals surface area contributed by atoms with Crippen molar-refractivity contribution in [1.29, 1.82) is 0 Å². The number of likely N-dealkylation sites (N-methyl/N-ethyl adjacent to an activating group) is 1. The number of unbranched alkanes of at least 4 members (excludes halogenated alkanes) is 3. The Hall–Kier alpha value is -0.120. The van der Waals surface area contributed by atoms with Crippen LogP contribution in [-0.4, -0.2) is 50.8 Å². The third-order valence-electron chi connectivity index (χ3n) is 3.48. The lowest BCUT2D eigenvalue weighted by Gasteiger charge is -2.32. The molecule has 0 saturated heterocycles. The zero-order valence-electron chi connectivity index (χ0n) is 13.2. The molecule has 3 heteroatoms. The van der Waals surface area contributed by atoms with Crippen molar-refractivity contribution in [2.75, 3.05) is 40.4 Å². The van der Waals surface area contributed by atoms with Gasteiger partial charge in [0.2, 0.25) is 0 Å². The first-order valence-electron chi connectivity index (χ1n) is 7.46. The third kappa shape index (κ3) is 9.86. The van der Waals surface area contributed by atoms with E-state index in [1.807, 2.05) is 0 Å². The third-order valence-corrected chi connectivity index (χ3v) is 3.48. The number of nitrogens with zero attached hydrogens (tertiary/aromatic N) is 1. The largest absolute Gasteiger partial charge is 0.380 e. The van der Waals surface area contributed by atoms with Crippen LogP contribution in [0.1, 0.15) is 52.9 Å². The van der Waals surface area contributed by atoms with E-state index in [2.05, 4.69) is 45.1 Å². The Morgan fingerprint density at radius 2 is 1.67 bits per heavy atom. The first kappa shape index (κ1) is 17.9. The van der Waals surface area contributed by atoms with Crippen molar-refractivity contribution >= 4 is 0 Å². The molecule has 0 aliphatic carbocycles. The highest BCUT2D eigenvalue weighted by Gasteiger charge is 2.19. The minimum atomic E-state index is 0.143. The SMILES string of the molecule is CCCNCCCCCCOCC(C)(C)N(C)C. The molecule has 110 valence electrons. The van der Waals surface area contributed by atoms with Gasteiger partial charge in [-0.25, -0.2) is 0 Å². The van der Waals surface area contributed by atoms with Gasteiger partial charge in [-0.3, -0.25) is 0 Å². The molecule has 0 aromatic rings. The van der Waals surface area contributed by atoms with Crippen molar-refractivity contribution in [3.05, 3.63) is 0 Å². The second-order valence-electron chi connectivity index (χ2n) is 5.92. The molecule has 3 nitrogen and oxygen atoms in total. The van der Waals surface area contributed by atoms with E-state index in [0.717, 1.165) is 19.8 Å². The molecule has 0 amide bonds. The molecule has 0 aromatic heterocycles. The zero-order valence-corrected chi connectivity index (χ0v) is 13.2. The molecule has 0 rings (SSSR count). The smallest absolute Gasteiger partial charge is 0.0644 e. The van der Waals surface area contributed by atoms with Gasteiger partial charge in [0.05, 0.1) is 6.61 Å². The number of nitrogens with one attached hydrogen (secondary N) is 1. The topological polar surface area (TPSA) is 24.5 Å². The van der Waals surface area contributed by atoms with Crippen LogP contribution in [0.15, 0.2) is 0 Å². The van der Waals surface area contributed by atoms with E-state index in [4.69, 9.17) is 4.74 Å². The van der Waals surface area contributed by atoms with Gasteiger partial charge in [-0.1, -0.05) is 19.8 Å². The van der Waals surface area contributed by atoms with Gasteiger partial charge in [-0.15, -0.1) is 0 Å². The van der Waals surface area contributed by atoms with Gasteiger partial charge in [0, 0.05) is 12.1 Å². The Morgan fingerprint density at radius 1 is 1.00 bits per heavy atom. The summed E-state index contributed by atoms with van der Waals surface area (Å²) < 4.78 is 5.75. The van der Waals surface area contributed by atoms with Crippen molar-refractivity contribution in [3.8, 4) is 0 Å². The lowest BCUT2D eigenvalue weighted by Crippen LogP contribution is -2.42. The Morgan fingerprint density at radius 3 is 2.28 bits per heavy atom. The predicted molar refractivity (Wildman–Crippen MR) is 80.2 cm³/mol. The molecule has 0 bridgehead atoms. The maximum absolute atomic E-state index is 5.75. The summed E-state index contributed by atoms with van der Waals surface area (Å²) in [5.74, 6) is 0. The van der Waals surface area contributed by atoms with Crippen LogP contribution < -0.4 is 5.32 Å². The van der Waals surface area contributed by atoms with Gasteiger partial charge >= 0.3 is 0 Å². The summed E-state index contributed by atoms with van der Waals surface area (Å²) in [6.07, 6.45) is 6.32. The fraction of sp³-hybridized carbons (Fsp3) is 1.00. The quantitative estimate of drug-likeness (QED) is 0.545. The average molecular weight is 258 g/mol. The molecule has 0 spiro atoms. The first-order valence-corrected chi connectivity index (χ1v) is 7.46. The first-order chi connectivity index (χ1) is 8.50. The molecule has 1 N–H and O–H groups in total. The molecule has 0 aromatic carbocycles. The summed E-state index contributed by atoms with van der Waals surface area (Å²) >= 11 is 0. The summed E-state index contributed by atoms with van der Waals surface area (Å²) in [5, 5.41) is 3.43. The summed E-state index contributed by atoms with van der Waals surface area (Å²) in [6, 6.07) is 0. The van der Waals surface area contributed by atoms with Crippen LogP contribution in [-0.2, 0) is 4.74 Å². The van der Waals surface area contributed by atoms with Crippen LogP contribution in [0.25, 0.3) is 0 Å². The van der Waals surface area contributed by atoms with Gasteiger partial charge in [0.25, 0.3) is 0 Å². The van der Waals surface area contributed by atoms with Gasteiger partial charge in [-0.05, 0) is 60.3 Å². The molecule has 0 saturated carbocycles. The molecule has 0 unspecified atom stereocenters. The van der Waals surface area contributed by atoms with Gasteiger partial charge in [0.15, 0.2) is 0 Å². The number of hydrogen-bond acceptors (Lipinski definition) is 3. The standard InChI is InChI=1S/C15H34N2O/c1-6-11-16-12-9-7-8-10-13-18-14-15(2,3)17(4)5/h16H,6-14H2,1-5H3. The fourth-order valence-electron chi connectivity index (χ4n) is 1.56. The minimum absolute atomic E-state index is 0.143. The van der Waals surface area contributed by atoms with Crippen LogP contribution in [0.4, 0.5) is 0 Å². The predicted octanol–water partition coefficient (Wildman–Crippen LogP) is 2.90. The molecule has 0 aliphatic rings. The second-order valence-corrected chi connectivity index (χ2v) is 5.92. The Balaban J connectivity index is 3.21. The highest BCUT2D eigenvalue weighted by molar-refractivity contribution is 4.75. The molecule has 0 radical (unpaired) electrons. The summed E-state index contributed by atoms with van der Waals surface area (Å²) in [6.45, 7) is 10.7. The van der Waals surface area contributed by atoms with E-state index in [0.29, 0.717) is 0 Å². The lowest BCUT2D eigenvalue weighted by atomic mass is 10.1. The molecular weight excluding hydrogens is 224 g/mol. The summed E-state index contributed by atoms with van der Waals surface area (Å²) in [5.41, 5.74) is 0.143. The molecule has 0 fully saturated rings. The molecule has 0 heterocycles. The Labute approximate surface area is 114 Å². The Kier molecular flexibility index (Phi) is 10.7. The van der Waals surface area contributed by atoms with E-state index >= 15 is 0 Å². The highest BCUT2D eigenvalue weighted by atomic mass is 16.5. The van der Waals surface area contributed by atoms with Crippen LogP contribution in [0.5, 0.6) is 0 Å². The van der Waals surface area contributed by atoms with Crippen LogP contribution in [0.2, 0.25) is 0 Å². The normalized spacial score (nSPS) is 12.3. The number of hydrogen-bond donors (Lipinski definition) is 1. The van der Waals surface area contributed by atoms with Gasteiger partial charge in [0.1, 0.15) is 0 Å². The van der Waals surface area contributed by atoms with E-state index in [1.165, 1.54) is 38.6 Å². The molecule has 0 atom stereocenters. The lowest BCUT2D eigenvalue weighted by molar-refractivity contribution is 0.0345. The number of rotatable bonds is 12. The van der Waals surface area contributed by atoms with E-state index in [-0.39, 0.29) is 5.54 Å².